The summed E-state index contributed by atoms with van der Waals surface area (Å²) in [6.45, 7) is 1.78. The lowest BCUT2D eigenvalue weighted by Gasteiger charge is -2.26. The maximum Gasteiger partial charge on any atom is 0.317 e. The smallest absolute Gasteiger partial charge is 0.317 e. The van der Waals surface area contributed by atoms with Gasteiger partial charge in [-0.3, -0.25) is 4.79 Å². The highest BCUT2D eigenvalue weighted by molar-refractivity contribution is 5.77. The number of amides is 2. The molecule has 1 aliphatic rings. The third kappa shape index (κ3) is 3.36. The van der Waals surface area contributed by atoms with Crippen LogP contribution in [-0.2, 0) is 4.79 Å². The van der Waals surface area contributed by atoms with Crippen molar-refractivity contribution in [3.05, 3.63) is 0 Å². The van der Waals surface area contributed by atoms with Gasteiger partial charge in [-0.1, -0.05) is 6.42 Å². The number of hydrogen-bond donors (Lipinski definition) is 2. The van der Waals surface area contributed by atoms with Crippen molar-refractivity contribution >= 4 is 12.0 Å². The normalized spacial score (nSPS) is 24.1. The maximum absolute atomic E-state index is 11.9. The number of hydrogen-bond acceptors (Lipinski definition) is 3. The van der Waals surface area contributed by atoms with Gasteiger partial charge in [0.15, 0.2) is 0 Å². The molecule has 6 nitrogen and oxygen atoms in total. The van der Waals surface area contributed by atoms with Gasteiger partial charge in [0.1, 0.15) is 0 Å². The molecule has 100 valence electrons. The van der Waals surface area contributed by atoms with E-state index in [2.05, 4.69) is 5.32 Å². The number of rotatable bonds is 4. The molecule has 1 saturated carbocycles. The molecule has 0 bridgehead atoms. The molecule has 0 radical (unpaired) electrons. The van der Waals surface area contributed by atoms with Crippen molar-refractivity contribution in [3.63, 3.8) is 0 Å². The first-order chi connectivity index (χ1) is 8.47. The average molecular weight is 253 g/mol. The molecule has 1 rings (SSSR count). The third-order valence-corrected chi connectivity index (χ3v) is 3.51. The number of nitrogens with one attached hydrogen (secondary N) is 1. The summed E-state index contributed by atoms with van der Waals surface area (Å²) in [7, 11) is 1.61. The largest absolute Gasteiger partial charge is 0.481 e. The summed E-state index contributed by atoms with van der Waals surface area (Å²) in [6, 6.07) is 1.22. The maximum atomic E-state index is 11.9. The van der Waals surface area contributed by atoms with Crippen LogP contribution in [0.15, 0.2) is 0 Å². The van der Waals surface area contributed by atoms with Crippen LogP contribution in [0.4, 0.5) is 4.79 Å². The van der Waals surface area contributed by atoms with Crippen LogP contribution in [0.2, 0.25) is 0 Å². The van der Waals surface area contributed by atoms with Gasteiger partial charge in [0, 0.05) is 19.1 Å². The minimum atomic E-state index is -0.856. The van der Waals surface area contributed by atoms with Crippen LogP contribution in [0.1, 0.15) is 32.6 Å². The van der Waals surface area contributed by atoms with Gasteiger partial charge in [0.25, 0.3) is 0 Å². The summed E-state index contributed by atoms with van der Waals surface area (Å²) in [4.78, 5) is 24.3. The van der Waals surface area contributed by atoms with E-state index in [0.717, 1.165) is 6.42 Å². The molecule has 3 unspecified atom stereocenters. The van der Waals surface area contributed by atoms with E-state index in [-0.39, 0.29) is 24.5 Å². The zero-order valence-corrected chi connectivity index (χ0v) is 10.7. The summed E-state index contributed by atoms with van der Waals surface area (Å²) in [5.74, 6) is -1.35. The van der Waals surface area contributed by atoms with Crippen LogP contribution < -0.4 is 5.32 Å². The number of carboxylic acids is 1. The van der Waals surface area contributed by atoms with Crippen LogP contribution in [0.5, 0.6) is 0 Å². The first kappa shape index (κ1) is 14.3. The monoisotopic (exact) mass is 253 g/mol. The van der Waals surface area contributed by atoms with Crippen LogP contribution in [0.3, 0.4) is 0 Å². The van der Waals surface area contributed by atoms with Crippen molar-refractivity contribution < 1.29 is 14.7 Å². The van der Waals surface area contributed by atoms with Crippen molar-refractivity contribution in [1.29, 1.82) is 5.26 Å². The molecule has 3 atom stereocenters. The number of nitrogens with zero attached hydrogens (tertiary/aromatic N) is 2. The molecule has 1 fully saturated rings. The van der Waals surface area contributed by atoms with E-state index in [1.165, 1.54) is 4.90 Å². The Morgan fingerprint density at radius 1 is 1.56 bits per heavy atom. The highest BCUT2D eigenvalue weighted by Gasteiger charge is 2.34. The molecule has 0 saturated heterocycles. The summed E-state index contributed by atoms with van der Waals surface area (Å²) >= 11 is 0. The lowest BCUT2D eigenvalue weighted by molar-refractivity contribution is -0.142. The van der Waals surface area contributed by atoms with E-state index in [1.807, 2.05) is 6.07 Å². The molecular weight excluding hydrogens is 234 g/mol. The summed E-state index contributed by atoms with van der Waals surface area (Å²) < 4.78 is 0. The molecule has 6 heteroatoms. The molecule has 18 heavy (non-hydrogen) atoms. The quantitative estimate of drug-likeness (QED) is 0.786. The summed E-state index contributed by atoms with van der Waals surface area (Å²) in [5.41, 5.74) is 0. The zero-order chi connectivity index (χ0) is 13.7. The molecule has 0 heterocycles. The Bertz CT molecular complexity index is 364. The van der Waals surface area contributed by atoms with Crippen molar-refractivity contribution in [3.8, 4) is 6.07 Å². The molecule has 0 aromatic carbocycles. The first-order valence-electron chi connectivity index (χ1n) is 6.10. The molecule has 2 amide bonds. The van der Waals surface area contributed by atoms with Crippen molar-refractivity contribution in [2.75, 3.05) is 7.05 Å². The highest BCUT2D eigenvalue weighted by atomic mass is 16.4. The number of carbonyl (C=O) groups is 2. The highest BCUT2D eigenvalue weighted by Crippen LogP contribution is 2.26. The van der Waals surface area contributed by atoms with Gasteiger partial charge in [0.05, 0.1) is 18.4 Å². The van der Waals surface area contributed by atoms with E-state index in [0.29, 0.717) is 12.8 Å². The average Bonchev–Trinajstić information content (AvgIpc) is 2.76. The third-order valence-electron chi connectivity index (χ3n) is 3.51. The second kappa shape index (κ2) is 6.24. The number of aliphatic carboxylic acids is 1. The van der Waals surface area contributed by atoms with Crippen LogP contribution in [-0.4, -0.2) is 41.1 Å². The minimum absolute atomic E-state index is 0.181. The fraction of sp³-hybridized carbons (Fsp3) is 0.750. The van der Waals surface area contributed by atoms with E-state index >= 15 is 0 Å². The molecular formula is C12H19N3O3. The molecule has 0 aromatic rings. The van der Waals surface area contributed by atoms with Crippen molar-refractivity contribution in [2.45, 2.75) is 44.7 Å². The summed E-state index contributed by atoms with van der Waals surface area (Å²) in [5, 5.41) is 20.3. The molecule has 0 aliphatic heterocycles. The topological polar surface area (TPSA) is 93.4 Å². The Kier molecular flexibility index (Phi) is 4.95. The fourth-order valence-electron chi connectivity index (χ4n) is 2.16. The Morgan fingerprint density at radius 2 is 2.22 bits per heavy atom. The summed E-state index contributed by atoms with van der Waals surface area (Å²) in [6.07, 6.45) is 2.39. The number of urea groups is 1. The van der Waals surface area contributed by atoms with Gasteiger partial charge in [-0.05, 0) is 19.8 Å². The van der Waals surface area contributed by atoms with Crippen LogP contribution in [0.25, 0.3) is 0 Å². The molecule has 0 spiro atoms. The standard InChI is InChI=1S/C12H19N3O3/c1-8(6-7-13)15(2)12(18)14-10-5-3-4-9(10)11(16)17/h8-10H,3-6H2,1-2H3,(H,14,18)(H,16,17). The van der Waals surface area contributed by atoms with E-state index < -0.39 is 11.9 Å². The van der Waals surface area contributed by atoms with E-state index in [1.54, 1.807) is 14.0 Å². The Labute approximate surface area is 107 Å². The Morgan fingerprint density at radius 3 is 2.78 bits per heavy atom. The number of carbonyl (C=O) groups excluding carboxylic acids is 1. The van der Waals surface area contributed by atoms with Gasteiger partial charge < -0.3 is 15.3 Å². The molecule has 1 aliphatic carbocycles. The molecule has 2 N–H and O–H groups in total. The van der Waals surface area contributed by atoms with Gasteiger partial charge in [0.2, 0.25) is 0 Å². The SMILES string of the molecule is CC(CC#N)N(C)C(=O)NC1CCCC1C(=O)O. The number of carboxylic acid groups (broad SMARTS) is 1. The van der Waals surface area contributed by atoms with Crippen LogP contribution in [0, 0.1) is 17.2 Å². The van der Waals surface area contributed by atoms with Gasteiger partial charge in [-0.2, -0.15) is 5.26 Å². The first-order valence-corrected chi connectivity index (χ1v) is 6.10. The fourth-order valence-corrected chi connectivity index (χ4v) is 2.16. The predicted octanol–water partition coefficient (Wildman–Crippen LogP) is 1.18. The second-order valence-corrected chi connectivity index (χ2v) is 4.75. The van der Waals surface area contributed by atoms with Crippen molar-refractivity contribution in [1.82, 2.24) is 10.2 Å². The van der Waals surface area contributed by atoms with E-state index in [9.17, 15) is 9.59 Å². The van der Waals surface area contributed by atoms with Gasteiger partial charge in [-0.25, -0.2) is 4.79 Å². The van der Waals surface area contributed by atoms with E-state index in [4.69, 9.17) is 10.4 Å². The Hall–Kier alpha value is -1.77. The predicted molar refractivity (Wildman–Crippen MR) is 64.8 cm³/mol. The number of nitriles is 1. The lowest BCUT2D eigenvalue weighted by Crippen LogP contribution is -2.48. The van der Waals surface area contributed by atoms with Crippen LogP contribution >= 0.6 is 0 Å². The van der Waals surface area contributed by atoms with Crippen molar-refractivity contribution in [2.24, 2.45) is 5.92 Å². The lowest BCUT2D eigenvalue weighted by atomic mass is 10.0. The molecule has 0 aromatic heterocycles. The zero-order valence-electron chi connectivity index (χ0n) is 10.7. The Balaban J connectivity index is 2.54. The van der Waals surface area contributed by atoms with Gasteiger partial charge >= 0.3 is 12.0 Å². The minimum Gasteiger partial charge on any atom is -0.481 e. The second-order valence-electron chi connectivity index (χ2n) is 4.75. The van der Waals surface area contributed by atoms with Gasteiger partial charge in [-0.15, -0.1) is 0 Å².